The first-order valence-electron chi connectivity index (χ1n) is 27.9. The topological polar surface area (TPSA) is 197 Å². The maximum atomic E-state index is 13.1. The van der Waals surface area contributed by atoms with Crippen LogP contribution < -0.4 is 0 Å². The second-order valence-corrected chi connectivity index (χ2v) is 18.8. The maximum Gasteiger partial charge on any atom is 0.508 e. The Balaban J connectivity index is 5.68. The van der Waals surface area contributed by atoms with Crippen LogP contribution in [-0.4, -0.2) is 119 Å². The Labute approximate surface area is 428 Å². The number of ether oxygens (including phenoxy) is 8. The first-order chi connectivity index (χ1) is 34.4. The van der Waals surface area contributed by atoms with Gasteiger partial charge in [-0.25, -0.2) is 4.79 Å². The predicted molar refractivity (Wildman–Crippen MR) is 273 cm³/mol. The zero-order valence-electron chi connectivity index (χ0n) is 45.3. The quantitative estimate of drug-likeness (QED) is 0.0317. The fraction of sp³-hybridized carbons (Fsp3) is 0.873. The SMILES string of the molecule is CCCCCCCCCOC(=O)CCCC(=O)OCC(COC(=O)CCCC(=O)OCCCCCCCCC)(COC(=O)CCCC(=O)OCCCCCCCCC)COC(=O)OCCCN(CC)CC. The van der Waals surface area contributed by atoms with Gasteiger partial charge >= 0.3 is 42.0 Å². The van der Waals surface area contributed by atoms with Crippen LogP contribution in [0.15, 0.2) is 0 Å². The number of nitrogens with zero attached hydrogens (tertiary/aromatic N) is 1. The number of carbonyl (C=O) groups excluding carboxylic acids is 7. The van der Waals surface area contributed by atoms with Gasteiger partial charge in [-0.1, -0.05) is 150 Å². The van der Waals surface area contributed by atoms with Gasteiger partial charge in [-0.15, -0.1) is 0 Å². The van der Waals surface area contributed by atoms with Gasteiger partial charge in [0.25, 0.3) is 0 Å². The van der Waals surface area contributed by atoms with Crippen LogP contribution in [0.3, 0.4) is 0 Å². The predicted octanol–water partition coefficient (Wildman–Crippen LogP) is 11.9. The lowest BCUT2D eigenvalue weighted by Gasteiger charge is -2.31. The van der Waals surface area contributed by atoms with Crippen molar-refractivity contribution in [1.29, 1.82) is 0 Å². The van der Waals surface area contributed by atoms with Gasteiger partial charge in [-0.05, 0) is 58.0 Å². The third kappa shape index (κ3) is 43.4. The minimum atomic E-state index is -1.58. The molecule has 0 bridgehead atoms. The molecular weight excluding hydrogens is 915 g/mol. The summed E-state index contributed by atoms with van der Waals surface area (Å²) in [5.74, 6) is -3.29. The van der Waals surface area contributed by atoms with E-state index in [-0.39, 0.29) is 64.4 Å². The molecule has 16 nitrogen and oxygen atoms in total. The molecule has 0 atom stereocenters. The molecule has 0 aliphatic heterocycles. The third-order valence-electron chi connectivity index (χ3n) is 12.2. The monoisotopic (exact) mass is 1010 g/mol. The number of hydrogen-bond donors (Lipinski definition) is 0. The standard InChI is InChI=1S/C55H99NO15/c1-6-11-14-17-20-23-26-40-64-48(57)33-29-36-51(60)68-44-55(47-71-54(63)67-43-32-39-56(9-4)10-5,45-69-52(61)37-30-34-49(58)65-41-27-24-21-18-15-12-7-2)46-70-53(62)38-31-35-50(59)66-42-28-25-22-19-16-13-8-3/h6-47H2,1-5H3. The van der Waals surface area contributed by atoms with E-state index in [4.69, 9.17) is 37.9 Å². The molecule has 0 rings (SSSR count). The Morgan fingerprint density at radius 1 is 0.296 bits per heavy atom. The molecule has 0 aromatic carbocycles. The van der Waals surface area contributed by atoms with Crippen LogP contribution in [-0.2, 0) is 66.7 Å². The van der Waals surface area contributed by atoms with Gasteiger partial charge in [-0.3, -0.25) is 28.8 Å². The van der Waals surface area contributed by atoms with Crippen molar-refractivity contribution in [2.24, 2.45) is 5.41 Å². The van der Waals surface area contributed by atoms with Gasteiger partial charge in [0.15, 0.2) is 0 Å². The molecule has 0 aliphatic carbocycles. The lowest BCUT2D eigenvalue weighted by molar-refractivity contribution is -0.166. The van der Waals surface area contributed by atoms with E-state index in [9.17, 15) is 33.6 Å². The van der Waals surface area contributed by atoms with Gasteiger partial charge < -0.3 is 42.8 Å². The van der Waals surface area contributed by atoms with E-state index in [1.165, 1.54) is 77.0 Å². The Morgan fingerprint density at radius 2 is 0.563 bits per heavy atom. The summed E-state index contributed by atoms with van der Waals surface area (Å²) in [6.07, 6.45) is 22.5. The average molecular weight is 1010 g/mol. The second-order valence-electron chi connectivity index (χ2n) is 18.8. The molecule has 0 heterocycles. The molecule has 16 heteroatoms. The number of rotatable bonds is 50. The summed E-state index contributed by atoms with van der Waals surface area (Å²) < 4.78 is 43.8. The third-order valence-corrected chi connectivity index (χ3v) is 12.2. The van der Waals surface area contributed by atoms with Gasteiger partial charge in [0, 0.05) is 45.1 Å². The second kappa shape index (κ2) is 48.3. The van der Waals surface area contributed by atoms with Crippen molar-refractivity contribution in [3.63, 3.8) is 0 Å². The van der Waals surface area contributed by atoms with E-state index in [1.807, 2.05) is 13.8 Å². The summed E-state index contributed by atoms with van der Waals surface area (Å²) in [4.78, 5) is 91.5. The Kier molecular flexibility index (Phi) is 45.6. The summed E-state index contributed by atoms with van der Waals surface area (Å²) in [5, 5.41) is 0. The maximum absolute atomic E-state index is 13.1. The van der Waals surface area contributed by atoms with Crippen molar-refractivity contribution in [2.45, 2.75) is 234 Å². The van der Waals surface area contributed by atoms with Gasteiger partial charge in [0.05, 0.1) is 26.4 Å². The van der Waals surface area contributed by atoms with Crippen LogP contribution in [0.2, 0.25) is 0 Å². The van der Waals surface area contributed by atoms with Crippen LogP contribution in [0, 0.1) is 5.41 Å². The molecular formula is C55H99NO15. The molecule has 0 radical (unpaired) electrons. The fourth-order valence-electron chi connectivity index (χ4n) is 7.49. The van der Waals surface area contributed by atoms with E-state index in [0.717, 1.165) is 70.9 Å². The molecule has 0 unspecified atom stereocenters. The lowest BCUT2D eigenvalue weighted by Crippen LogP contribution is -2.44. The van der Waals surface area contributed by atoms with E-state index in [1.54, 1.807) is 0 Å². The summed E-state index contributed by atoms with van der Waals surface area (Å²) in [5.41, 5.74) is -1.58. The van der Waals surface area contributed by atoms with Crippen molar-refractivity contribution in [1.82, 2.24) is 4.90 Å². The Hall–Kier alpha value is -3.95. The largest absolute Gasteiger partial charge is 0.508 e. The van der Waals surface area contributed by atoms with Crippen LogP contribution >= 0.6 is 0 Å². The first kappa shape index (κ1) is 67.0. The summed E-state index contributed by atoms with van der Waals surface area (Å²) in [7, 11) is 0. The average Bonchev–Trinajstić information content (AvgIpc) is 3.36. The molecule has 71 heavy (non-hydrogen) atoms. The van der Waals surface area contributed by atoms with E-state index in [2.05, 4.69) is 25.7 Å². The molecule has 0 aromatic rings. The van der Waals surface area contributed by atoms with Crippen LogP contribution in [0.25, 0.3) is 0 Å². The number of hydrogen-bond acceptors (Lipinski definition) is 16. The zero-order valence-corrected chi connectivity index (χ0v) is 45.3. The lowest BCUT2D eigenvalue weighted by atomic mass is 9.92. The normalized spacial score (nSPS) is 11.2. The van der Waals surface area contributed by atoms with Crippen LogP contribution in [0.5, 0.6) is 0 Å². The first-order valence-corrected chi connectivity index (χ1v) is 27.9. The van der Waals surface area contributed by atoms with Crippen molar-refractivity contribution in [2.75, 3.05) is 72.5 Å². The van der Waals surface area contributed by atoms with E-state index in [0.29, 0.717) is 32.8 Å². The smallest absolute Gasteiger partial charge is 0.466 e. The number of carbonyl (C=O) groups is 7. The highest BCUT2D eigenvalue weighted by Gasteiger charge is 2.38. The van der Waals surface area contributed by atoms with Crippen molar-refractivity contribution in [3.8, 4) is 0 Å². The molecule has 0 aromatic heterocycles. The highest BCUT2D eigenvalue weighted by molar-refractivity contribution is 5.74. The highest BCUT2D eigenvalue weighted by atomic mass is 16.7. The van der Waals surface area contributed by atoms with E-state index < -0.39 is 73.8 Å². The Bertz CT molecular complexity index is 1240. The minimum absolute atomic E-state index is 0.00846. The van der Waals surface area contributed by atoms with Crippen LogP contribution in [0.1, 0.15) is 234 Å². The Morgan fingerprint density at radius 3 is 0.873 bits per heavy atom. The molecule has 0 fully saturated rings. The molecule has 0 saturated carbocycles. The van der Waals surface area contributed by atoms with Gasteiger partial charge in [-0.2, -0.15) is 0 Å². The van der Waals surface area contributed by atoms with Gasteiger partial charge in [0.2, 0.25) is 0 Å². The van der Waals surface area contributed by atoms with E-state index >= 15 is 0 Å². The molecule has 414 valence electrons. The minimum Gasteiger partial charge on any atom is -0.466 e. The zero-order chi connectivity index (χ0) is 52.5. The summed E-state index contributed by atoms with van der Waals surface area (Å²) in [6.45, 7) is 12.0. The molecule has 0 amide bonds. The highest BCUT2D eigenvalue weighted by Crippen LogP contribution is 2.23. The van der Waals surface area contributed by atoms with Crippen molar-refractivity contribution in [3.05, 3.63) is 0 Å². The van der Waals surface area contributed by atoms with Gasteiger partial charge in [0.1, 0.15) is 31.8 Å². The molecule has 0 aliphatic rings. The molecule has 0 saturated heterocycles. The summed E-state index contributed by atoms with van der Waals surface area (Å²) >= 11 is 0. The van der Waals surface area contributed by atoms with Crippen LogP contribution in [0.4, 0.5) is 4.79 Å². The number of esters is 6. The number of unbranched alkanes of at least 4 members (excludes halogenated alkanes) is 18. The van der Waals surface area contributed by atoms with Crippen molar-refractivity contribution >= 4 is 42.0 Å². The van der Waals surface area contributed by atoms with Crippen molar-refractivity contribution < 1.29 is 71.5 Å². The molecule has 0 N–H and O–H groups in total. The molecule has 0 spiro atoms. The fourth-order valence-corrected chi connectivity index (χ4v) is 7.49. The summed E-state index contributed by atoms with van der Waals surface area (Å²) in [6, 6.07) is 0.